The lowest BCUT2D eigenvalue weighted by Crippen LogP contribution is -2.37. The number of hydrogen-bond donors (Lipinski definition) is 2. The van der Waals surface area contributed by atoms with Crippen LogP contribution in [0.25, 0.3) is 0 Å². The molecule has 3 nitrogen and oxygen atoms in total. The highest BCUT2D eigenvalue weighted by molar-refractivity contribution is 5.63. The molecule has 0 atom stereocenters. The molecule has 1 aromatic rings. The molecule has 0 bridgehead atoms. The summed E-state index contributed by atoms with van der Waals surface area (Å²) in [6, 6.07) is 2.96. The van der Waals surface area contributed by atoms with Crippen molar-refractivity contribution in [2.45, 2.75) is 44.6 Å². The molecule has 1 saturated carbocycles. The molecule has 2 rings (SSSR count). The molecule has 1 aliphatic rings. The van der Waals surface area contributed by atoms with Crippen molar-refractivity contribution >= 4 is 11.4 Å². The largest absolute Gasteiger partial charge is 0.495 e. The van der Waals surface area contributed by atoms with E-state index in [9.17, 15) is 4.39 Å². The van der Waals surface area contributed by atoms with Crippen molar-refractivity contribution in [2.24, 2.45) is 0 Å². The number of anilines is 2. The molecule has 0 spiro atoms. The van der Waals surface area contributed by atoms with E-state index in [4.69, 9.17) is 10.5 Å². The van der Waals surface area contributed by atoms with E-state index >= 15 is 0 Å². The number of nitrogens with one attached hydrogen (secondary N) is 1. The standard InChI is InChI=1S/C14H21FN2O/c1-14(6-4-3-5-7-14)17-12-9-13(18-2)11(16)8-10(12)15/h8-9,17H,3-7,16H2,1-2H3. The fraction of sp³-hybridized carbons (Fsp3) is 0.571. The minimum atomic E-state index is -0.319. The molecule has 0 aliphatic heterocycles. The highest BCUT2D eigenvalue weighted by atomic mass is 19.1. The predicted molar refractivity (Wildman–Crippen MR) is 72.5 cm³/mol. The van der Waals surface area contributed by atoms with Crippen molar-refractivity contribution in [3.63, 3.8) is 0 Å². The number of ether oxygens (including phenoxy) is 1. The van der Waals surface area contributed by atoms with E-state index in [-0.39, 0.29) is 11.4 Å². The van der Waals surface area contributed by atoms with Crippen LogP contribution in [0, 0.1) is 5.82 Å². The van der Waals surface area contributed by atoms with Gasteiger partial charge in [-0.05, 0) is 19.8 Å². The number of nitrogens with two attached hydrogens (primary N) is 1. The Balaban J connectivity index is 2.22. The first-order valence-electron chi connectivity index (χ1n) is 6.45. The summed E-state index contributed by atoms with van der Waals surface area (Å²) in [6.07, 6.45) is 5.79. The molecule has 0 saturated heterocycles. The van der Waals surface area contributed by atoms with Crippen molar-refractivity contribution in [3.05, 3.63) is 17.9 Å². The summed E-state index contributed by atoms with van der Waals surface area (Å²) in [4.78, 5) is 0. The van der Waals surface area contributed by atoms with Gasteiger partial charge >= 0.3 is 0 Å². The van der Waals surface area contributed by atoms with Crippen LogP contribution >= 0.6 is 0 Å². The van der Waals surface area contributed by atoms with Gasteiger partial charge in [-0.2, -0.15) is 0 Å². The fourth-order valence-electron chi connectivity index (χ4n) is 2.62. The van der Waals surface area contributed by atoms with Gasteiger partial charge in [-0.3, -0.25) is 0 Å². The number of hydrogen-bond acceptors (Lipinski definition) is 3. The summed E-state index contributed by atoms with van der Waals surface area (Å²) in [5.74, 6) is 0.193. The van der Waals surface area contributed by atoms with E-state index in [1.54, 1.807) is 6.07 Å². The summed E-state index contributed by atoms with van der Waals surface area (Å²) >= 11 is 0. The monoisotopic (exact) mass is 252 g/mol. The third kappa shape index (κ3) is 2.68. The molecule has 1 aliphatic carbocycles. The van der Waals surface area contributed by atoms with Gasteiger partial charge in [0.15, 0.2) is 0 Å². The molecule has 1 aromatic carbocycles. The number of benzene rings is 1. The second-order valence-corrected chi connectivity index (χ2v) is 5.32. The molecule has 4 heteroatoms. The van der Waals surface area contributed by atoms with Crippen LogP contribution < -0.4 is 15.8 Å². The lowest BCUT2D eigenvalue weighted by molar-refractivity contribution is 0.347. The number of methoxy groups -OCH3 is 1. The van der Waals surface area contributed by atoms with E-state index in [1.807, 2.05) is 0 Å². The molecule has 0 heterocycles. The first-order valence-corrected chi connectivity index (χ1v) is 6.45. The van der Waals surface area contributed by atoms with Crippen LogP contribution in [0.2, 0.25) is 0 Å². The van der Waals surface area contributed by atoms with Gasteiger partial charge in [-0.25, -0.2) is 4.39 Å². The third-order valence-electron chi connectivity index (χ3n) is 3.71. The summed E-state index contributed by atoms with van der Waals surface area (Å²) in [7, 11) is 1.54. The molecule has 3 N–H and O–H groups in total. The van der Waals surface area contributed by atoms with Crippen molar-refractivity contribution in [1.82, 2.24) is 0 Å². The Morgan fingerprint density at radius 3 is 2.56 bits per heavy atom. The number of nitrogen functional groups attached to an aromatic ring is 1. The minimum Gasteiger partial charge on any atom is -0.495 e. The van der Waals surface area contributed by atoms with Crippen LogP contribution in [0.4, 0.5) is 15.8 Å². The molecule has 1 fully saturated rings. The zero-order valence-electron chi connectivity index (χ0n) is 11.1. The predicted octanol–water partition coefficient (Wildman–Crippen LogP) is 3.55. The van der Waals surface area contributed by atoms with Gasteiger partial charge in [0.2, 0.25) is 0 Å². The van der Waals surface area contributed by atoms with E-state index < -0.39 is 0 Å². The zero-order chi connectivity index (χ0) is 13.2. The highest BCUT2D eigenvalue weighted by Crippen LogP contribution is 2.35. The second-order valence-electron chi connectivity index (χ2n) is 5.32. The minimum absolute atomic E-state index is 0.0276. The van der Waals surface area contributed by atoms with Gasteiger partial charge in [-0.1, -0.05) is 19.3 Å². The summed E-state index contributed by atoms with van der Waals surface area (Å²) in [6.45, 7) is 2.15. The molecular formula is C14H21FN2O. The zero-order valence-corrected chi connectivity index (χ0v) is 11.1. The van der Waals surface area contributed by atoms with Crippen molar-refractivity contribution in [2.75, 3.05) is 18.2 Å². The van der Waals surface area contributed by atoms with E-state index in [1.165, 1.54) is 32.4 Å². The first-order chi connectivity index (χ1) is 8.54. The number of rotatable bonds is 3. The maximum absolute atomic E-state index is 13.9. The lowest BCUT2D eigenvalue weighted by atomic mass is 9.83. The second kappa shape index (κ2) is 5.04. The van der Waals surface area contributed by atoms with Gasteiger partial charge in [0.1, 0.15) is 11.6 Å². The first kappa shape index (κ1) is 13.0. The highest BCUT2D eigenvalue weighted by Gasteiger charge is 2.27. The Kier molecular flexibility index (Phi) is 3.64. The van der Waals surface area contributed by atoms with Crippen LogP contribution in [0.1, 0.15) is 39.0 Å². The molecule has 0 unspecified atom stereocenters. The Morgan fingerprint density at radius 2 is 1.94 bits per heavy atom. The van der Waals surface area contributed by atoms with Crippen molar-refractivity contribution in [3.8, 4) is 5.75 Å². The molecule has 18 heavy (non-hydrogen) atoms. The average molecular weight is 252 g/mol. The Bertz CT molecular complexity index is 428. The maximum Gasteiger partial charge on any atom is 0.148 e. The number of halogens is 1. The van der Waals surface area contributed by atoms with Crippen molar-refractivity contribution in [1.29, 1.82) is 0 Å². The smallest absolute Gasteiger partial charge is 0.148 e. The SMILES string of the molecule is COc1cc(NC2(C)CCCCC2)c(F)cc1N. The van der Waals surface area contributed by atoms with E-state index in [0.717, 1.165) is 12.8 Å². The van der Waals surface area contributed by atoms with E-state index in [2.05, 4.69) is 12.2 Å². The van der Waals surface area contributed by atoms with Crippen LogP contribution in [0.15, 0.2) is 12.1 Å². The van der Waals surface area contributed by atoms with E-state index in [0.29, 0.717) is 17.1 Å². The van der Waals surface area contributed by atoms with Gasteiger partial charge in [0, 0.05) is 17.7 Å². The van der Waals surface area contributed by atoms with Crippen molar-refractivity contribution < 1.29 is 9.13 Å². The Hall–Kier alpha value is -1.45. The molecule has 0 amide bonds. The topological polar surface area (TPSA) is 47.3 Å². The fourth-order valence-corrected chi connectivity index (χ4v) is 2.62. The third-order valence-corrected chi connectivity index (χ3v) is 3.71. The van der Waals surface area contributed by atoms with Gasteiger partial charge in [-0.15, -0.1) is 0 Å². The van der Waals surface area contributed by atoms with Crippen LogP contribution in [0.3, 0.4) is 0 Å². The Labute approximate surface area is 108 Å². The van der Waals surface area contributed by atoms with Gasteiger partial charge < -0.3 is 15.8 Å². The summed E-state index contributed by atoms with van der Waals surface area (Å²) in [5.41, 5.74) is 6.45. The molecular weight excluding hydrogens is 231 g/mol. The molecule has 100 valence electrons. The lowest BCUT2D eigenvalue weighted by Gasteiger charge is -2.35. The summed E-state index contributed by atoms with van der Waals surface area (Å²) < 4.78 is 19.0. The van der Waals surface area contributed by atoms with Crippen LogP contribution in [0.5, 0.6) is 5.75 Å². The normalized spacial score (nSPS) is 18.4. The molecule has 0 aromatic heterocycles. The maximum atomic E-state index is 13.9. The average Bonchev–Trinajstić information content (AvgIpc) is 2.33. The van der Waals surface area contributed by atoms with Crippen LogP contribution in [-0.4, -0.2) is 12.6 Å². The molecule has 0 radical (unpaired) electrons. The Morgan fingerprint density at radius 1 is 1.28 bits per heavy atom. The van der Waals surface area contributed by atoms with Crippen LogP contribution in [-0.2, 0) is 0 Å². The van der Waals surface area contributed by atoms with Gasteiger partial charge in [0.05, 0.1) is 18.5 Å². The van der Waals surface area contributed by atoms with Gasteiger partial charge in [0.25, 0.3) is 0 Å². The summed E-state index contributed by atoms with van der Waals surface area (Å²) in [5, 5.41) is 3.32. The quantitative estimate of drug-likeness (QED) is 0.809.